The smallest absolute Gasteiger partial charge is 0.270 e. The molecule has 2 aromatic rings. The van der Waals surface area contributed by atoms with Gasteiger partial charge in [0.15, 0.2) is 0 Å². The zero-order valence-corrected chi connectivity index (χ0v) is 12.6. The Balaban J connectivity index is 2.22. The summed E-state index contributed by atoms with van der Waals surface area (Å²) in [4.78, 5) is 16.9. The van der Waals surface area contributed by atoms with E-state index in [1.165, 1.54) is 0 Å². The van der Waals surface area contributed by atoms with Gasteiger partial charge in [0, 0.05) is 22.5 Å². The number of benzene rings is 1. The van der Waals surface area contributed by atoms with Crippen LogP contribution < -0.4 is 5.32 Å². The van der Waals surface area contributed by atoms with Crippen molar-refractivity contribution in [2.75, 3.05) is 0 Å². The van der Waals surface area contributed by atoms with Crippen LogP contribution in [0.3, 0.4) is 0 Å². The topological polar surface area (TPSA) is 42.0 Å². The molecule has 1 heterocycles. The van der Waals surface area contributed by atoms with Crippen LogP contribution in [-0.2, 0) is 0 Å². The number of rotatable bonds is 4. The molecule has 3 nitrogen and oxygen atoms in total. The summed E-state index contributed by atoms with van der Waals surface area (Å²) in [6.07, 6.45) is 2.56. The molecular weight excluding hydrogens is 304 g/mol. The van der Waals surface area contributed by atoms with Gasteiger partial charge in [0.2, 0.25) is 0 Å². The predicted octanol–water partition coefficient (Wildman–Crippen LogP) is 3.53. The van der Waals surface area contributed by atoms with E-state index < -0.39 is 0 Å². The van der Waals surface area contributed by atoms with Crippen LogP contribution in [0.1, 0.15) is 30.8 Å². The number of hydrogen-bond donors (Lipinski definition) is 1. The normalized spacial score (nSPS) is 14.1. The molecule has 2 atom stereocenters. The lowest BCUT2D eigenvalue weighted by molar-refractivity contribution is 0.0935. The molecule has 1 amide bonds. The van der Waals surface area contributed by atoms with Gasteiger partial charge in [0.1, 0.15) is 5.69 Å². The molecule has 0 fully saturated rings. The van der Waals surface area contributed by atoms with Crippen LogP contribution in [0.4, 0.5) is 0 Å². The summed E-state index contributed by atoms with van der Waals surface area (Å²) < 4.78 is 0. The largest absolute Gasteiger partial charge is 0.348 e. The molecular formula is C15H17BrN2O. The van der Waals surface area contributed by atoms with Gasteiger partial charge in [-0.1, -0.05) is 47.1 Å². The van der Waals surface area contributed by atoms with Crippen LogP contribution in [0, 0.1) is 0 Å². The van der Waals surface area contributed by atoms with E-state index in [0.29, 0.717) is 10.5 Å². The highest BCUT2D eigenvalue weighted by molar-refractivity contribution is 9.09. The summed E-state index contributed by atoms with van der Waals surface area (Å²) >= 11 is 3.49. The lowest BCUT2D eigenvalue weighted by atomic mass is 10.1. The third-order valence-electron chi connectivity index (χ3n) is 2.94. The molecule has 2 unspecified atom stereocenters. The lowest BCUT2D eigenvalue weighted by Gasteiger charge is -2.15. The second-order valence-corrected chi connectivity index (χ2v) is 6.33. The molecule has 19 heavy (non-hydrogen) atoms. The Morgan fingerprint density at radius 2 is 2.05 bits per heavy atom. The second kappa shape index (κ2) is 6.15. The molecule has 0 aliphatic rings. The maximum atomic E-state index is 12.3. The maximum Gasteiger partial charge on any atom is 0.270 e. The summed E-state index contributed by atoms with van der Waals surface area (Å²) in [7, 11) is 0. The predicted molar refractivity (Wildman–Crippen MR) is 81.7 cm³/mol. The van der Waals surface area contributed by atoms with Gasteiger partial charge >= 0.3 is 0 Å². The van der Waals surface area contributed by atoms with Gasteiger partial charge in [-0.15, -0.1) is 0 Å². The number of pyridine rings is 1. The van der Waals surface area contributed by atoms with Crippen molar-refractivity contribution in [2.45, 2.75) is 31.1 Å². The van der Waals surface area contributed by atoms with Gasteiger partial charge in [-0.2, -0.15) is 0 Å². The van der Waals surface area contributed by atoms with Crippen LogP contribution in [0.5, 0.6) is 0 Å². The zero-order chi connectivity index (χ0) is 13.8. The first-order valence-corrected chi connectivity index (χ1v) is 7.28. The van der Waals surface area contributed by atoms with Crippen LogP contribution >= 0.6 is 15.9 Å². The molecule has 2 rings (SSSR count). The quantitative estimate of drug-likeness (QED) is 0.876. The Labute approximate surface area is 121 Å². The minimum absolute atomic E-state index is 0.113. The van der Waals surface area contributed by atoms with Crippen molar-refractivity contribution in [2.24, 2.45) is 0 Å². The average molecular weight is 321 g/mol. The van der Waals surface area contributed by atoms with E-state index in [0.717, 1.165) is 17.2 Å². The number of halogens is 1. The van der Waals surface area contributed by atoms with Gasteiger partial charge in [-0.05, 0) is 24.8 Å². The number of nitrogens with one attached hydrogen (secondary N) is 1. The number of carbonyl (C=O) groups is 1. The van der Waals surface area contributed by atoms with Crippen molar-refractivity contribution in [1.82, 2.24) is 10.3 Å². The molecule has 0 saturated heterocycles. The van der Waals surface area contributed by atoms with Crippen LogP contribution in [0.25, 0.3) is 10.8 Å². The third kappa shape index (κ3) is 3.53. The molecule has 0 radical (unpaired) electrons. The number of fused-ring (bicyclic) bond motifs is 1. The zero-order valence-electron chi connectivity index (χ0n) is 11.1. The Bertz CT molecular complexity index is 578. The molecule has 0 spiro atoms. The fourth-order valence-corrected chi connectivity index (χ4v) is 2.70. The van der Waals surface area contributed by atoms with Crippen molar-refractivity contribution < 1.29 is 4.79 Å². The summed E-state index contributed by atoms with van der Waals surface area (Å²) in [6.45, 7) is 4.07. The van der Waals surface area contributed by atoms with Crippen molar-refractivity contribution >= 4 is 32.6 Å². The van der Waals surface area contributed by atoms with E-state index in [-0.39, 0.29) is 11.9 Å². The Morgan fingerprint density at radius 1 is 1.32 bits per heavy atom. The first-order chi connectivity index (χ1) is 9.08. The third-order valence-corrected chi connectivity index (χ3v) is 3.32. The first kappa shape index (κ1) is 14.0. The molecule has 1 N–H and O–H groups in total. The lowest BCUT2D eigenvalue weighted by Crippen LogP contribution is -2.34. The van der Waals surface area contributed by atoms with E-state index in [1.54, 1.807) is 6.20 Å². The van der Waals surface area contributed by atoms with Gasteiger partial charge in [-0.25, -0.2) is 0 Å². The number of carbonyl (C=O) groups excluding carboxylic acids is 1. The molecule has 0 bridgehead atoms. The Morgan fingerprint density at radius 3 is 2.79 bits per heavy atom. The number of nitrogens with zero attached hydrogens (tertiary/aromatic N) is 1. The fourth-order valence-electron chi connectivity index (χ4n) is 2.14. The van der Waals surface area contributed by atoms with E-state index in [4.69, 9.17) is 0 Å². The standard InChI is InChI=1S/C15H17BrN2O/c1-10(16)9-11(2)18-15(19)14-13-6-4-3-5-12(13)7-8-17-14/h3-8,10-11H,9H2,1-2H3,(H,18,19). The van der Waals surface area contributed by atoms with Crippen LogP contribution in [0.15, 0.2) is 36.5 Å². The monoisotopic (exact) mass is 320 g/mol. The number of alkyl halides is 1. The van der Waals surface area contributed by atoms with Crippen molar-refractivity contribution in [3.63, 3.8) is 0 Å². The molecule has 0 saturated carbocycles. The average Bonchev–Trinajstić information content (AvgIpc) is 2.36. The van der Waals surface area contributed by atoms with Crippen LogP contribution in [-0.4, -0.2) is 21.8 Å². The minimum atomic E-state index is -0.113. The SMILES string of the molecule is CC(Br)CC(C)NC(=O)c1nccc2ccccc12. The van der Waals surface area contributed by atoms with E-state index in [1.807, 2.05) is 37.3 Å². The van der Waals surface area contributed by atoms with Gasteiger partial charge in [0.25, 0.3) is 5.91 Å². The van der Waals surface area contributed by atoms with E-state index in [2.05, 4.69) is 33.2 Å². The second-order valence-electron chi connectivity index (χ2n) is 4.77. The van der Waals surface area contributed by atoms with Crippen molar-refractivity contribution in [3.05, 3.63) is 42.2 Å². The van der Waals surface area contributed by atoms with Gasteiger partial charge in [0.05, 0.1) is 0 Å². The number of hydrogen-bond acceptors (Lipinski definition) is 2. The summed E-state index contributed by atoms with van der Waals surface area (Å²) in [5.41, 5.74) is 0.493. The highest BCUT2D eigenvalue weighted by Crippen LogP contribution is 2.16. The maximum absolute atomic E-state index is 12.3. The number of aromatic nitrogens is 1. The Kier molecular flexibility index (Phi) is 4.53. The molecule has 1 aromatic heterocycles. The van der Waals surface area contributed by atoms with E-state index >= 15 is 0 Å². The molecule has 0 aliphatic heterocycles. The van der Waals surface area contributed by atoms with E-state index in [9.17, 15) is 4.79 Å². The van der Waals surface area contributed by atoms with Crippen molar-refractivity contribution in [1.29, 1.82) is 0 Å². The van der Waals surface area contributed by atoms with Gasteiger partial charge < -0.3 is 5.32 Å². The van der Waals surface area contributed by atoms with Crippen LogP contribution in [0.2, 0.25) is 0 Å². The number of amides is 1. The first-order valence-electron chi connectivity index (χ1n) is 6.36. The molecule has 4 heteroatoms. The Hall–Kier alpha value is -1.42. The highest BCUT2D eigenvalue weighted by Gasteiger charge is 2.14. The molecule has 1 aromatic carbocycles. The molecule has 100 valence electrons. The fraction of sp³-hybridized carbons (Fsp3) is 0.333. The summed E-state index contributed by atoms with van der Waals surface area (Å²) in [6, 6.07) is 9.81. The summed E-state index contributed by atoms with van der Waals surface area (Å²) in [5.74, 6) is -0.113. The minimum Gasteiger partial charge on any atom is -0.348 e. The van der Waals surface area contributed by atoms with Crippen molar-refractivity contribution in [3.8, 4) is 0 Å². The highest BCUT2D eigenvalue weighted by atomic mass is 79.9. The molecule has 0 aliphatic carbocycles. The summed E-state index contributed by atoms with van der Waals surface area (Å²) in [5, 5.41) is 4.91. The van der Waals surface area contributed by atoms with Gasteiger partial charge in [-0.3, -0.25) is 9.78 Å².